The fourth-order valence-corrected chi connectivity index (χ4v) is 5.84. The van der Waals surface area contributed by atoms with Crippen LogP contribution in [0.15, 0.2) is 18.2 Å². The van der Waals surface area contributed by atoms with Crippen molar-refractivity contribution in [3.63, 3.8) is 0 Å². The third-order valence-electron chi connectivity index (χ3n) is 6.67. The molecule has 0 heterocycles. The number of hydrogen-bond acceptors (Lipinski definition) is 2. The van der Waals surface area contributed by atoms with E-state index >= 15 is 0 Å². The summed E-state index contributed by atoms with van der Waals surface area (Å²) >= 11 is 0. The molecule has 0 spiro atoms. The molecule has 0 radical (unpaired) electrons. The lowest BCUT2D eigenvalue weighted by atomic mass is 9.48. The Morgan fingerprint density at radius 3 is 2.19 bits per heavy atom. The predicted octanol–water partition coefficient (Wildman–Crippen LogP) is 4.59. The molecule has 1 atom stereocenters. The third-order valence-corrected chi connectivity index (χ3v) is 6.67. The van der Waals surface area contributed by atoms with Gasteiger partial charge in [-0.05, 0) is 93.2 Å². The van der Waals surface area contributed by atoms with Crippen molar-refractivity contribution in [1.29, 1.82) is 0 Å². The lowest BCUT2D eigenvalue weighted by Gasteiger charge is -2.59. The molecule has 21 heavy (non-hydrogen) atoms. The van der Waals surface area contributed by atoms with Crippen LogP contribution in [-0.4, -0.2) is 6.04 Å². The van der Waals surface area contributed by atoms with Crippen molar-refractivity contribution in [2.75, 3.05) is 11.1 Å². The molecule has 1 aromatic carbocycles. The number of anilines is 2. The zero-order chi connectivity index (χ0) is 14.6. The minimum atomic E-state index is 0.550. The standard InChI is InChI=1S/C19H28N2/c1-12-3-4-17(8-18(12)20)21-13(2)19-9-14-5-15(10-19)7-16(6-14)11-19/h3-4,8,13-16,21H,5-7,9-11,20H2,1-2H3. The number of benzene rings is 1. The van der Waals surface area contributed by atoms with E-state index in [1.54, 1.807) is 0 Å². The summed E-state index contributed by atoms with van der Waals surface area (Å²) in [6, 6.07) is 6.98. The monoisotopic (exact) mass is 284 g/mol. The van der Waals surface area contributed by atoms with Gasteiger partial charge in [-0.3, -0.25) is 0 Å². The van der Waals surface area contributed by atoms with Crippen LogP contribution in [0.1, 0.15) is 51.0 Å². The molecule has 3 N–H and O–H groups in total. The summed E-state index contributed by atoms with van der Waals surface area (Å²) in [6.45, 7) is 4.48. The lowest BCUT2D eigenvalue weighted by molar-refractivity contribution is -0.0602. The van der Waals surface area contributed by atoms with Crippen molar-refractivity contribution in [2.24, 2.45) is 23.2 Å². The molecular formula is C19H28N2. The second kappa shape index (κ2) is 4.66. The summed E-state index contributed by atoms with van der Waals surface area (Å²) in [7, 11) is 0. The molecule has 4 aliphatic rings. The van der Waals surface area contributed by atoms with E-state index in [-0.39, 0.29) is 0 Å². The van der Waals surface area contributed by atoms with Gasteiger partial charge in [-0.15, -0.1) is 0 Å². The van der Waals surface area contributed by atoms with Gasteiger partial charge in [0.05, 0.1) is 0 Å². The van der Waals surface area contributed by atoms with Gasteiger partial charge in [0.1, 0.15) is 0 Å². The Hall–Kier alpha value is -1.18. The largest absolute Gasteiger partial charge is 0.398 e. The molecule has 1 aromatic rings. The maximum atomic E-state index is 6.06. The molecule has 2 nitrogen and oxygen atoms in total. The number of rotatable bonds is 3. The summed E-state index contributed by atoms with van der Waals surface area (Å²) in [5, 5.41) is 3.79. The summed E-state index contributed by atoms with van der Waals surface area (Å²) in [6.07, 6.45) is 8.91. The molecule has 4 saturated carbocycles. The van der Waals surface area contributed by atoms with Gasteiger partial charge in [0.15, 0.2) is 0 Å². The van der Waals surface area contributed by atoms with E-state index in [9.17, 15) is 0 Å². The van der Waals surface area contributed by atoms with Gasteiger partial charge in [0.2, 0.25) is 0 Å². The maximum Gasteiger partial charge on any atom is 0.0364 e. The molecule has 114 valence electrons. The van der Waals surface area contributed by atoms with Gasteiger partial charge in [-0.25, -0.2) is 0 Å². The Morgan fingerprint density at radius 1 is 1.10 bits per heavy atom. The Kier molecular flexibility index (Phi) is 2.99. The molecule has 0 saturated heterocycles. The molecule has 1 unspecified atom stereocenters. The van der Waals surface area contributed by atoms with Gasteiger partial charge < -0.3 is 11.1 Å². The minimum Gasteiger partial charge on any atom is -0.398 e. The number of nitrogens with two attached hydrogens (primary N) is 1. The first-order valence-corrected chi connectivity index (χ1v) is 8.67. The van der Waals surface area contributed by atoms with Gasteiger partial charge in [0.25, 0.3) is 0 Å². The van der Waals surface area contributed by atoms with Gasteiger partial charge in [0, 0.05) is 17.4 Å². The summed E-state index contributed by atoms with van der Waals surface area (Å²) in [5.41, 5.74) is 9.88. The molecule has 4 aliphatic carbocycles. The highest BCUT2D eigenvalue weighted by molar-refractivity contribution is 5.58. The van der Waals surface area contributed by atoms with Gasteiger partial charge >= 0.3 is 0 Å². The van der Waals surface area contributed by atoms with E-state index in [0.717, 1.165) is 23.4 Å². The number of nitrogen functional groups attached to an aromatic ring is 1. The van der Waals surface area contributed by atoms with Gasteiger partial charge in [-0.2, -0.15) is 0 Å². The average molecular weight is 284 g/mol. The number of nitrogens with one attached hydrogen (secondary N) is 1. The lowest BCUT2D eigenvalue weighted by Crippen LogP contribution is -2.52. The highest BCUT2D eigenvalue weighted by Crippen LogP contribution is 2.61. The second-order valence-corrected chi connectivity index (χ2v) is 8.22. The highest BCUT2D eigenvalue weighted by Gasteiger charge is 2.53. The van der Waals surface area contributed by atoms with Crippen molar-refractivity contribution in [3.8, 4) is 0 Å². The van der Waals surface area contributed by atoms with Crippen LogP contribution in [0, 0.1) is 30.1 Å². The van der Waals surface area contributed by atoms with Crippen molar-refractivity contribution < 1.29 is 0 Å². The molecule has 2 heteroatoms. The van der Waals surface area contributed by atoms with Gasteiger partial charge in [-0.1, -0.05) is 6.07 Å². The Balaban J connectivity index is 1.54. The van der Waals surface area contributed by atoms with Crippen LogP contribution in [0.5, 0.6) is 0 Å². The first kappa shape index (κ1) is 13.5. The average Bonchev–Trinajstić information content (AvgIpc) is 2.41. The van der Waals surface area contributed by atoms with E-state index in [0.29, 0.717) is 11.5 Å². The SMILES string of the molecule is Cc1ccc(NC(C)C23CC4CC(CC(C4)C2)C3)cc1N. The fraction of sp³-hybridized carbons (Fsp3) is 0.684. The zero-order valence-electron chi connectivity index (χ0n) is 13.4. The molecule has 4 fully saturated rings. The Morgan fingerprint density at radius 2 is 1.67 bits per heavy atom. The minimum absolute atomic E-state index is 0.550. The number of aryl methyl sites for hydroxylation is 1. The molecule has 5 rings (SSSR count). The van der Waals surface area contributed by atoms with E-state index < -0.39 is 0 Å². The Labute approximate surface area is 128 Å². The smallest absolute Gasteiger partial charge is 0.0364 e. The second-order valence-electron chi connectivity index (χ2n) is 8.22. The van der Waals surface area contributed by atoms with E-state index in [1.165, 1.54) is 49.8 Å². The molecule has 0 aromatic heterocycles. The predicted molar refractivity (Wildman–Crippen MR) is 89.3 cm³/mol. The highest BCUT2D eigenvalue weighted by atomic mass is 14.9. The summed E-state index contributed by atoms with van der Waals surface area (Å²) in [5.74, 6) is 3.05. The maximum absolute atomic E-state index is 6.06. The van der Waals surface area contributed by atoms with Crippen LogP contribution in [0.3, 0.4) is 0 Å². The Bertz CT molecular complexity index is 513. The van der Waals surface area contributed by atoms with Crippen LogP contribution in [0.25, 0.3) is 0 Å². The van der Waals surface area contributed by atoms with Crippen molar-refractivity contribution in [2.45, 2.75) is 58.4 Å². The van der Waals surface area contributed by atoms with Crippen molar-refractivity contribution >= 4 is 11.4 Å². The number of hydrogen-bond donors (Lipinski definition) is 2. The van der Waals surface area contributed by atoms with E-state index in [2.05, 4.69) is 37.4 Å². The molecule has 0 amide bonds. The zero-order valence-corrected chi connectivity index (χ0v) is 13.4. The molecule has 0 aliphatic heterocycles. The summed E-state index contributed by atoms with van der Waals surface area (Å²) in [4.78, 5) is 0. The van der Waals surface area contributed by atoms with Crippen LogP contribution in [-0.2, 0) is 0 Å². The van der Waals surface area contributed by atoms with Crippen LogP contribution in [0.2, 0.25) is 0 Å². The first-order chi connectivity index (χ1) is 10.0. The quantitative estimate of drug-likeness (QED) is 0.796. The van der Waals surface area contributed by atoms with E-state index in [1.807, 2.05) is 0 Å². The fourth-order valence-electron chi connectivity index (χ4n) is 5.84. The van der Waals surface area contributed by atoms with Crippen LogP contribution in [0.4, 0.5) is 11.4 Å². The first-order valence-electron chi connectivity index (χ1n) is 8.67. The van der Waals surface area contributed by atoms with E-state index in [4.69, 9.17) is 5.73 Å². The molecular weight excluding hydrogens is 256 g/mol. The van der Waals surface area contributed by atoms with Crippen molar-refractivity contribution in [1.82, 2.24) is 0 Å². The molecule has 4 bridgehead atoms. The van der Waals surface area contributed by atoms with Crippen LogP contribution < -0.4 is 11.1 Å². The summed E-state index contributed by atoms with van der Waals surface area (Å²) < 4.78 is 0. The van der Waals surface area contributed by atoms with Crippen LogP contribution >= 0.6 is 0 Å². The topological polar surface area (TPSA) is 38.0 Å². The van der Waals surface area contributed by atoms with Crippen molar-refractivity contribution in [3.05, 3.63) is 23.8 Å². The normalized spacial score (nSPS) is 38.5. The third kappa shape index (κ3) is 2.23.